The van der Waals surface area contributed by atoms with Crippen LogP contribution < -0.4 is 11.1 Å². The molecule has 0 aromatic rings. The highest BCUT2D eigenvalue weighted by molar-refractivity contribution is 7.99. The second-order valence-electron chi connectivity index (χ2n) is 5.38. The van der Waals surface area contributed by atoms with E-state index in [2.05, 4.69) is 38.0 Å². The molecule has 0 radical (unpaired) electrons. The summed E-state index contributed by atoms with van der Waals surface area (Å²) in [5.41, 5.74) is 5.93. The number of thioether (sulfide) groups is 1. The van der Waals surface area contributed by atoms with E-state index in [1.165, 1.54) is 25.0 Å². The third-order valence-corrected chi connectivity index (χ3v) is 3.92. The summed E-state index contributed by atoms with van der Waals surface area (Å²) < 4.78 is 0. The van der Waals surface area contributed by atoms with Crippen LogP contribution in [0.15, 0.2) is 4.99 Å². The molecule has 0 aliphatic heterocycles. The molecule has 0 aromatic carbocycles. The lowest BCUT2D eigenvalue weighted by atomic mass is 10.1. The Hall–Kier alpha value is -0.380. The highest BCUT2D eigenvalue weighted by atomic mass is 32.2. The van der Waals surface area contributed by atoms with Gasteiger partial charge in [-0.3, -0.25) is 0 Å². The van der Waals surface area contributed by atoms with Crippen LogP contribution in [0.5, 0.6) is 0 Å². The predicted molar refractivity (Wildman–Crippen MR) is 74.1 cm³/mol. The maximum atomic E-state index is 5.93. The Kier molecular flexibility index (Phi) is 4.96. The van der Waals surface area contributed by atoms with Gasteiger partial charge in [0.1, 0.15) is 0 Å². The van der Waals surface area contributed by atoms with Gasteiger partial charge >= 0.3 is 0 Å². The molecule has 1 aliphatic rings. The molecule has 0 bridgehead atoms. The summed E-state index contributed by atoms with van der Waals surface area (Å²) in [5.74, 6) is 1.77. The first kappa shape index (κ1) is 13.7. The van der Waals surface area contributed by atoms with E-state index < -0.39 is 0 Å². The lowest BCUT2D eigenvalue weighted by Crippen LogP contribution is -2.45. The summed E-state index contributed by atoms with van der Waals surface area (Å²) >= 11 is 2.02. The first-order chi connectivity index (χ1) is 7.42. The number of guanidine groups is 1. The van der Waals surface area contributed by atoms with Gasteiger partial charge in [0, 0.05) is 10.8 Å². The van der Waals surface area contributed by atoms with E-state index in [9.17, 15) is 0 Å². The second kappa shape index (κ2) is 5.80. The first-order valence-corrected chi connectivity index (χ1v) is 7.20. The largest absolute Gasteiger partial charge is 0.370 e. The van der Waals surface area contributed by atoms with Gasteiger partial charge in [-0.2, -0.15) is 11.8 Å². The summed E-state index contributed by atoms with van der Waals surface area (Å²) in [6, 6.07) is 0.416. The van der Waals surface area contributed by atoms with Crippen LogP contribution in [0.4, 0.5) is 0 Å². The Balaban J connectivity index is 2.53. The SMILES string of the molecule is CCSC1CCCC1N=C(N)NC(C)(C)C. The molecule has 0 aromatic heterocycles. The van der Waals surface area contributed by atoms with Crippen molar-refractivity contribution in [2.75, 3.05) is 5.75 Å². The van der Waals surface area contributed by atoms with Gasteiger partial charge in [0.2, 0.25) is 0 Å². The fourth-order valence-electron chi connectivity index (χ4n) is 2.06. The highest BCUT2D eigenvalue weighted by Crippen LogP contribution is 2.31. The molecular formula is C12H25N3S. The molecule has 3 N–H and O–H groups in total. The molecule has 0 heterocycles. The van der Waals surface area contributed by atoms with Gasteiger partial charge in [-0.15, -0.1) is 0 Å². The van der Waals surface area contributed by atoms with Gasteiger partial charge in [-0.05, 0) is 39.4 Å². The first-order valence-electron chi connectivity index (χ1n) is 6.15. The summed E-state index contributed by atoms with van der Waals surface area (Å²) in [5, 5.41) is 3.90. The van der Waals surface area contributed by atoms with Crippen molar-refractivity contribution < 1.29 is 0 Å². The topological polar surface area (TPSA) is 50.4 Å². The quantitative estimate of drug-likeness (QED) is 0.591. The van der Waals surface area contributed by atoms with Crippen molar-refractivity contribution in [3.63, 3.8) is 0 Å². The molecule has 1 fully saturated rings. The van der Waals surface area contributed by atoms with Gasteiger partial charge in [0.15, 0.2) is 5.96 Å². The zero-order valence-corrected chi connectivity index (χ0v) is 11.7. The van der Waals surface area contributed by atoms with Crippen LogP contribution in [0.1, 0.15) is 47.0 Å². The van der Waals surface area contributed by atoms with Crippen molar-refractivity contribution in [3.8, 4) is 0 Å². The maximum absolute atomic E-state index is 5.93. The van der Waals surface area contributed by atoms with Crippen LogP contribution >= 0.6 is 11.8 Å². The molecule has 94 valence electrons. The van der Waals surface area contributed by atoms with Gasteiger partial charge in [0.25, 0.3) is 0 Å². The molecular weight excluding hydrogens is 218 g/mol. The van der Waals surface area contributed by atoms with Crippen LogP contribution in [-0.4, -0.2) is 28.5 Å². The van der Waals surface area contributed by atoms with E-state index in [-0.39, 0.29) is 5.54 Å². The molecule has 16 heavy (non-hydrogen) atoms. The van der Waals surface area contributed by atoms with E-state index in [0.717, 1.165) is 0 Å². The number of aliphatic imine (C=N–C) groups is 1. The minimum Gasteiger partial charge on any atom is -0.370 e. The number of nitrogens with two attached hydrogens (primary N) is 1. The Labute approximate surface area is 104 Å². The molecule has 1 rings (SSSR count). The van der Waals surface area contributed by atoms with E-state index in [0.29, 0.717) is 17.3 Å². The number of rotatable bonds is 3. The Bertz CT molecular complexity index is 245. The van der Waals surface area contributed by atoms with Crippen LogP contribution in [0.2, 0.25) is 0 Å². The van der Waals surface area contributed by atoms with Crippen molar-refractivity contribution in [1.29, 1.82) is 0 Å². The van der Waals surface area contributed by atoms with Crippen LogP contribution in [0, 0.1) is 0 Å². The normalized spacial score (nSPS) is 27.1. The van der Waals surface area contributed by atoms with Crippen LogP contribution in [-0.2, 0) is 0 Å². The predicted octanol–water partition coefficient (Wildman–Crippen LogP) is 2.36. The Morgan fingerprint density at radius 2 is 2.12 bits per heavy atom. The molecule has 2 unspecified atom stereocenters. The van der Waals surface area contributed by atoms with Gasteiger partial charge in [0.05, 0.1) is 6.04 Å². The number of nitrogens with zero attached hydrogens (tertiary/aromatic N) is 1. The summed E-state index contributed by atoms with van der Waals surface area (Å²) in [6.07, 6.45) is 3.76. The van der Waals surface area contributed by atoms with Crippen molar-refractivity contribution >= 4 is 17.7 Å². The number of hydrogen-bond acceptors (Lipinski definition) is 2. The van der Waals surface area contributed by atoms with Gasteiger partial charge in [-0.25, -0.2) is 4.99 Å². The van der Waals surface area contributed by atoms with E-state index in [1.807, 2.05) is 11.8 Å². The van der Waals surface area contributed by atoms with Crippen LogP contribution in [0.3, 0.4) is 0 Å². The number of hydrogen-bond donors (Lipinski definition) is 2. The smallest absolute Gasteiger partial charge is 0.189 e. The molecule has 2 atom stereocenters. The molecule has 1 saturated carbocycles. The van der Waals surface area contributed by atoms with Crippen molar-refractivity contribution in [2.24, 2.45) is 10.7 Å². The summed E-state index contributed by atoms with van der Waals surface area (Å²) in [6.45, 7) is 8.51. The van der Waals surface area contributed by atoms with Crippen molar-refractivity contribution in [2.45, 2.75) is 63.8 Å². The fraction of sp³-hybridized carbons (Fsp3) is 0.917. The molecule has 3 nitrogen and oxygen atoms in total. The molecule has 1 aliphatic carbocycles. The lowest BCUT2D eigenvalue weighted by molar-refractivity contribution is 0.506. The number of nitrogens with one attached hydrogen (secondary N) is 1. The highest BCUT2D eigenvalue weighted by Gasteiger charge is 2.27. The standard InChI is InChI=1S/C12H25N3S/c1-5-16-10-8-6-7-9(10)14-11(13)15-12(2,3)4/h9-10H,5-8H2,1-4H3,(H3,13,14,15). The van der Waals surface area contributed by atoms with E-state index in [1.54, 1.807) is 0 Å². The minimum absolute atomic E-state index is 0.000413. The zero-order chi connectivity index (χ0) is 12.2. The molecule has 4 heteroatoms. The summed E-state index contributed by atoms with van der Waals surface area (Å²) in [7, 11) is 0. The van der Waals surface area contributed by atoms with Gasteiger partial charge in [-0.1, -0.05) is 13.3 Å². The Morgan fingerprint density at radius 3 is 2.69 bits per heavy atom. The molecule has 0 spiro atoms. The Morgan fingerprint density at radius 1 is 1.44 bits per heavy atom. The maximum Gasteiger partial charge on any atom is 0.189 e. The fourth-order valence-corrected chi connectivity index (χ4v) is 3.24. The van der Waals surface area contributed by atoms with Crippen molar-refractivity contribution in [3.05, 3.63) is 0 Å². The van der Waals surface area contributed by atoms with E-state index in [4.69, 9.17) is 5.73 Å². The van der Waals surface area contributed by atoms with Gasteiger partial charge < -0.3 is 11.1 Å². The van der Waals surface area contributed by atoms with E-state index >= 15 is 0 Å². The summed E-state index contributed by atoms with van der Waals surface area (Å²) in [4.78, 5) is 4.62. The third kappa shape index (κ3) is 4.64. The average molecular weight is 243 g/mol. The average Bonchev–Trinajstić information content (AvgIpc) is 2.50. The van der Waals surface area contributed by atoms with Crippen LogP contribution in [0.25, 0.3) is 0 Å². The molecule has 0 amide bonds. The second-order valence-corrected chi connectivity index (χ2v) is 6.90. The molecule has 0 saturated heterocycles. The third-order valence-electron chi connectivity index (χ3n) is 2.61. The zero-order valence-electron chi connectivity index (χ0n) is 10.9. The van der Waals surface area contributed by atoms with Crippen molar-refractivity contribution in [1.82, 2.24) is 5.32 Å². The lowest BCUT2D eigenvalue weighted by Gasteiger charge is -2.23. The monoisotopic (exact) mass is 243 g/mol. The minimum atomic E-state index is -0.000413.